The van der Waals surface area contributed by atoms with Gasteiger partial charge in [0.15, 0.2) is 0 Å². The van der Waals surface area contributed by atoms with Crippen molar-refractivity contribution in [1.29, 1.82) is 0 Å². The van der Waals surface area contributed by atoms with Gasteiger partial charge in [-0.3, -0.25) is 0 Å². The number of para-hydroxylation sites is 1. The summed E-state index contributed by atoms with van der Waals surface area (Å²) in [4.78, 5) is 2.63. The van der Waals surface area contributed by atoms with E-state index in [9.17, 15) is 0 Å². The Balaban J connectivity index is 1.78. The molecule has 3 atom stereocenters. The number of benzene rings is 2. The monoisotopic (exact) mass is 289 g/mol. The summed E-state index contributed by atoms with van der Waals surface area (Å²) in [6.45, 7) is 7.52. The van der Waals surface area contributed by atoms with Crippen molar-refractivity contribution in [2.24, 2.45) is 5.41 Å². The zero-order chi connectivity index (χ0) is 15.2. The molecule has 0 amide bonds. The van der Waals surface area contributed by atoms with Gasteiger partial charge in [0.1, 0.15) is 0 Å². The largest absolute Gasteiger partial charge is 0.363 e. The Morgan fingerprint density at radius 1 is 1.14 bits per heavy atom. The Morgan fingerprint density at radius 2 is 1.86 bits per heavy atom. The van der Waals surface area contributed by atoms with Gasteiger partial charge in [-0.1, -0.05) is 61.5 Å². The summed E-state index contributed by atoms with van der Waals surface area (Å²) in [5.41, 5.74) is 4.55. The van der Waals surface area contributed by atoms with Crippen LogP contribution in [0.5, 0.6) is 0 Å². The number of anilines is 1. The van der Waals surface area contributed by atoms with E-state index in [4.69, 9.17) is 0 Å². The molecular weight excluding hydrogens is 266 g/mol. The smallest absolute Gasteiger partial charge is 0.0451 e. The van der Waals surface area contributed by atoms with Crippen molar-refractivity contribution in [2.45, 2.75) is 38.3 Å². The highest BCUT2D eigenvalue weighted by Gasteiger charge is 2.51. The first-order valence-corrected chi connectivity index (χ1v) is 8.26. The molecule has 1 heteroatoms. The molecule has 4 rings (SSSR count). The maximum Gasteiger partial charge on any atom is 0.0451 e. The first kappa shape index (κ1) is 13.6. The fourth-order valence-corrected chi connectivity index (χ4v) is 4.53. The van der Waals surface area contributed by atoms with E-state index in [0.29, 0.717) is 12.0 Å². The van der Waals surface area contributed by atoms with Gasteiger partial charge in [-0.15, -0.1) is 6.58 Å². The lowest BCUT2D eigenvalue weighted by Crippen LogP contribution is -2.41. The molecule has 112 valence electrons. The minimum atomic E-state index is 0.207. The molecule has 1 saturated carbocycles. The van der Waals surface area contributed by atoms with E-state index in [2.05, 4.69) is 79.1 Å². The molecule has 22 heavy (non-hydrogen) atoms. The van der Waals surface area contributed by atoms with E-state index < -0.39 is 0 Å². The molecule has 0 radical (unpaired) electrons. The third-order valence-corrected chi connectivity index (χ3v) is 5.69. The van der Waals surface area contributed by atoms with E-state index in [0.717, 1.165) is 6.54 Å². The van der Waals surface area contributed by atoms with Gasteiger partial charge in [0.25, 0.3) is 0 Å². The summed E-state index contributed by atoms with van der Waals surface area (Å²) >= 11 is 0. The van der Waals surface area contributed by atoms with E-state index in [-0.39, 0.29) is 5.41 Å². The van der Waals surface area contributed by atoms with Crippen LogP contribution in [0, 0.1) is 5.41 Å². The average molecular weight is 289 g/mol. The zero-order valence-corrected chi connectivity index (χ0v) is 13.2. The Labute approximate surface area is 133 Å². The van der Waals surface area contributed by atoms with E-state index in [1.165, 1.54) is 29.7 Å². The Morgan fingerprint density at radius 3 is 2.64 bits per heavy atom. The molecule has 1 aliphatic carbocycles. The Kier molecular flexibility index (Phi) is 3.11. The first-order chi connectivity index (χ1) is 10.7. The van der Waals surface area contributed by atoms with Crippen LogP contribution in [0.25, 0.3) is 0 Å². The third-order valence-electron chi connectivity index (χ3n) is 5.69. The Bertz CT molecular complexity index is 690. The van der Waals surface area contributed by atoms with E-state index in [1.54, 1.807) is 0 Å². The fourth-order valence-electron chi connectivity index (χ4n) is 4.53. The molecular formula is C21H23N. The van der Waals surface area contributed by atoms with Crippen molar-refractivity contribution in [1.82, 2.24) is 0 Å². The quantitative estimate of drug-likeness (QED) is 0.707. The van der Waals surface area contributed by atoms with Crippen molar-refractivity contribution in [2.75, 3.05) is 4.90 Å². The minimum Gasteiger partial charge on any atom is -0.363 e. The highest BCUT2D eigenvalue weighted by molar-refractivity contribution is 5.64. The predicted octanol–water partition coefficient (Wildman–Crippen LogP) is 5.15. The molecule has 3 unspecified atom stereocenters. The topological polar surface area (TPSA) is 3.24 Å². The highest BCUT2D eigenvalue weighted by Crippen LogP contribution is 2.57. The van der Waals surface area contributed by atoms with Crippen molar-refractivity contribution in [3.8, 4) is 0 Å². The van der Waals surface area contributed by atoms with Crippen molar-refractivity contribution in [3.05, 3.63) is 78.4 Å². The number of fused-ring (bicyclic) bond motifs is 3. The summed E-state index contributed by atoms with van der Waals surface area (Å²) in [6.07, 6.45) is 4.71. The molecule has 2 aromatic carbocycles. The lowest BCUT2D eigenvalue weighted by Gasteiger charge is -2.37. The SMILES string of the molecule is C=CC1(C)CCC2c3ccccc3N(Cc3ccccc3)C21. The number of hydrogen-bond donors (Lipinski definition) is 0. The van der Waals surface area contributed by atoms with Crippen LogP contribution < -0.4 is 4.90 Å². The molecule has 1 heterocycles. The summed E-state index contributed by atoms with van der Waals surface area (Å²) in [7, 11) is 0. The normalized spacial score (nSPS) is 29.2. The highest BCUT2D eigenvalue weighted by atomic mass is 15.2. The molecule has 2 aliphatic rings. The van der Waals surface area contributed by atoms with Crippen LogP contribution in [0.2, 0.25) is 0 Å². The molecule has 0 bridgehead atoms. The summed E-state index contributed by atoms with van der Waals surface area (Å²) in [6, 6.07) is 20.3. The molecule has 1 aliphatic heterocycles. The van der Waals surface area contributed by atoms with Crippen LogP contribution in [0.3, 0.4) is 0 Å². The van der Waals surface area contributed by atoms with E-state index >= 15 is 0 Å². The summed E-state index contributed by atoms with van der Waals surface area (Å²) < 4.78 is 0. The fraction of sp³-hybridized carbons (Fsp3) is 0.333. The van der Waals surface area contributed by atoms with Crippen LogP contribution in [-0.2, 0) is 6.54 Å². The first-order valence-electron chi connectivity index (χ1n) is 8.26. The van der Waals surface area contributed by atoms with Gasteiger partial charge < -0.3 is 4.90 Å². The standard InChI is InChI=1S/C21H23N/c1-3-21(2)14-13-18-17-11-7-8-12-19(17)22(20(18)21)15-16-9-5-4-6-10-16/h3-12,18,20H,1,13-15H2,2H3. The van der Waals surface area contributed by atoms with Gasteiger partial charge in [-0.25, -0.2) is 0 Å². The lowest BCUT2D eigenvalue weighted by molar-refractivity contribution is 0.363. The molecule has 0 N–H and O–H groups in total. The van der Waals surface area contributed by atoms with E-state index in [1.807, 2.05) is 0 Å². The van der Waals surface area contributed by atoms with Gasteiger partial charge in [0.05, 0.1) is 0 Å². The Hall–Kier alpha value is -2.02. The third kappa shape index (κ3) is 1.92. The van der Waals surface area contributed by atoms with Crippen LogP contribution in [0.1, 0.15) is 36.8 Å². The molecule has 0 spiro atoms. The van der Waals surface area contributed by atoms with Gasteiger partial charge >= 0.3 is 0 Å². The van der Waals surface area contributed by atoms with Gasteiger partial charge in [0, 0.05) is 29.6 Å². The van der Waals surface area contributed by atoms with Crippen molar-refractivity contribution >= 4 is 5.69 Å². The van der Waals surface area contributed by atoms with Gasteiger partial charge in [-0.2, -0.15) is 0 Å². The lowest BCUT2D eigenvalue weighted by atomic mass is 9.82. The van der Waals surface area contributed by atoms with Crippen LogP contribution in [-0.4, -0.2) is 6.04 Å². The molecule has 1 nitrogen and oxygen atoms in total. The predicted molar refractivity (Wildman–Crippen MR) is 93.1 cm³/mol. The van der Waals surface area contributed by atoms with Crippen LogP contribution >= 0.6 is 0 Å². The molecule has 2 aromatic rings. The van der Waals surface area contributed by atoms with Gasteiger partial charge in [0.2, 0.25) is 0 Å². The summed E-state index contributed by atoms with van der Waals surface area (Å²) in [5.74, 6) is 0.655. The minimum absolute atomic E-state index is 0.207. The second kappa shape index (κ2) is 5.01. The maximum absolute atomic E-state index is 4.15. The number of hydrogen-bond acceptors (Lipinski definition) is 1. The molecule has 0 aromatic heterocycles. The van der Waals surface area contributed by atoms with Crippen LogP contribution in [0.4, 0.5) is 5.69 Å². The maximum atomic E-state index is 4.15. The average Bonchev–Trinajstić information content (AvgIpc) is 3.07. The number of nitrogens with zero attached hydrogens (tertiary/aromatic N) is 1. The van der Waals surface area contributed by atoms with Crippen LogP contribution in [0.15, 0.2) is 67.3 Å². The number of rotatable bonds is 3. The second-order valence-corrected chi connectivity index (χ2v) is 6.97. The van der Waals surface area contributed by atoms with Crippen molar-refractivity contribution in [3.63, 3.8) is 0 Å². The van der Waals surface area contributed by atoms with Gasteiger partial charge in [-0.05, 0) is 30.0 Å². The van der Waals surface area contributed by atoms with Crippen molar-refractivity contribution < 1.29 is 0 Å². The molecule has 1 fully saturated rings. The second-order valence-electron chi connectivity index (χ2n) is 6.97. The summed E-state index contributed by atoms with van der Waals surface area (Å²) in [5, 5.41) is 0. The molecule has 0 saturated heterocycles. The zero-order valence-electron chi connectivity index (χ0n) is 13.2.